The number of carbonyl (C=O) groups excluding carboxylic acids is 2. The molecule has 0 bridgehead atoms. The number of piperazine rings is 1. The van der Waals surface area contributed by atoms with Gasteiger partial charge in [0.2, 0.25) is 10.0 Å². The molecule has 0 atom stereocenters. The van der Waals surface area contributed by atoms with Gasteiger partial charge in [-0.15, -0.1) is 0 Å². The van der Waals surface area contributed by atoms with E-state index in [0.717, 1.165) is 0 Å². The monoisotopic (exact) mass is 451 g/mol. The number of benzene rings is 2. The van der Waals surface area contributed by atoms with Gasteiger partial charge in [-0.25, -0.2) is 13.2 Å². The number of nitrogens with one attached hydrogen (secondary N) is 1. The number of hydrogen-bond acceptors (Lipinski definition) is 5. The minimum Gasteiger partial charge on any atom is -0.450 e. The van der Waals surface area contributed by atoms with Gasteiger partial charge in [0.15, 0.2) is 0 Å². The van der Waals surface area contributed by atoms with Crippen molar-refractivity contribution in [2.45, 2.75) is 11.8 Å². The number of rotatable bonds is 5. The van der Waals surface area contributed by atoms with E-state index in [1.807, 2.05) is 0 Å². The number of ether oxygens (including phenoxy) is 1. The molecule has 2 aromatic carbocycles. The second-order valence-electron chi connectivity index (χ2n) is 6.55. The Balaban J connectivity index is 1.61. The topological polar surface area (TPSA) is 96.0 Å². The molecule has 160 valence electrons. The summed E-state index contributed by atoms with van der Waals surface area (Å²) in [5, 5.41) is 2.73. The molecule has 0 unspecified atom stereocenters. The van der Waals surface area contributed by atoms with Crippen LogP contribution < -0.4 is 5.32 Å². The first-order valence-corrected chi connectivity index (χ1v) is 11.2. The smallest absolute Gasteiger partial charge is 0.411 e. The molecule has 0 aliphatic carbocycles. The quantitative estimate of drug-likeness (QED) is 0.753. The Morgan fingerprint density at radius 1 is 1.03 bits per heavy atom. The zero-order chi connectivity index (χ0) is 21.7. The Bertz CT molecular complexity index is 1020. The average molecular weight is 452 g/mol. The molecule has 1 N–H and O–H groups in total. The number of hydrogen-bond donors (Lipinski definition) is 1. The van der Waals surface area contributed by atoms with Gasteiger partial charge in [-0.1, -0.05) is 23.7 Å². The van der Waals surface area contributed by atoms with Crippen molar-refractivity contribution in [3.63, 3.8) is 0 Å². The molecule has 10 heteroatoms. The third-order valence-corrected chi connectivity index (χ3v) is 7.03. The van der Waals surface area contributed by atoms with Gasteiger partial charge in [-0.05, 0) is 43.3 Å². The highest BCUT2D eigenvalue weighted by molar-refractivity contribution is 7.89. The molecule has 2 aromatic rings. The molecule has 8 nitrogen and oxygen atoms in total. The molecule has 0 spiro atoms. The van der Waals surface area contributed by atoms with Crippen LogP contribution in [-0.4, -0.2) is 62.4 Å². The third-order valence-electron chi connectivity index (χ3n) is 4.63. The third kappa shape index (κ3) is 4.92. The molecule has 1 aliphatic heterocycles. The van der Waals surface area contributed by atoms with Gasteiger partial charge in [0.1, 0.15) is 4.90 Å². The second kappa shape index (κ2) is 9.46. The molecule has 1 heterocycles. The maximum atomic E-state index is 12.8. The number of halogens is 1. The van der Waals surface area contributed by atoms with Crippen molar-refractivity contribution in [1.82, 2.24) is 9.21 Å². The van der Waals surface area contributed by atoms with Crippen LogP contribution in [0.2, 0.25) is 5.02 Å². The lowest BCUT2D eigenvalue weighted by molar-refractivity contribution is 0.0698. The van der Waals surface area contributed by atoms with Crippen molar-refractivity contribution in [2.75, 3.05) is 38.1 Å². The summed E-state index contributed by atoms with van der Waals surface area (Å²) in [6, 6.07) is 12.7. The molecule has 0 radical (unpaired) electrons. The van der Waals surface area contributed by atoms with Gasteiger partial charge < -0.3 is 9.64 Å². The lowest BCUT2D eigenvalue weighted by atomic mass is 10.1. The molecule has 2 amide bonds. The van der Waals surface area contributed by atoms with Crippen molar-refractivity contribution in [1.29, 1.82) is 0 Å². The molecule has 3 rings (SSSR count). The van der Waals surface area contributed by atoms with Gasteiger partial charge in [0, 0.05) is 37.4 Å². The summed E-state index contributed by atoms with van der Waals surface area (Å²) in [6.45, 7) is 2.88. The van der Waals surface area contributed by atoms with E-state index in [1.54, 1.807) is 48.2 Å². The second-order valence-corrected chi connectivity index (χ2v) is 8.86. The van der Waals surface area contributed by atoms with E-state index in [0.29, 0.717) is 11.3 Å². The van der Waals surface area contributed by atoms with Crippen molar-refractivity contribution in [2.24, 2.45) is 0 Å². The first-order chi connectivity index (χ1) is 14.3. The zero-order valence-electron chi connectivity index (χ0n) is 16.4. The number of carbonyl (C=O) groups is 2. The normalized spacial score (nSPS) is 14.9. The molecule has 1 fully saturated rings. The lowest BCUT2D eigenvalue weighted by Crippen LogP contribution is -2.50. The van der Waals surface area contributed by atoms with Gasteiger partial charge in [0.25, 0.3) is 5.91 Å². The van der Waals surface area contributed by atoms with Crippen LogP contribution in [0.1, 0.15) is 17.3 Å². The largest absolute Gasteiger partial charge is 0.450 e. The maximum absolute atomic E-state index is 12.8. The summed E-state index contributed by atoms with van der Waals surface area (Å²) < 4.78 is 31.8. The fourth-order valence-corrected chi connectivity index (χ4v) is 5.00. The molecule has 1 aliphatic rings. The predicted octanol–water partition coefficient (Wildman–Crippen LogP) is 3.06. The lowest BCUT2D eigenvalue weighted by Gasteiger charge is -2.34. The first kappa shape index (κ1) is 22.1. The average Bonchev–Trinajstić information content (AvgIpc) is 2.74. The fraction of sp³-hybridized carbons (Fsp3) is 0.300. The van der Waals surface area contributed by atoms with Gasteiger partial charge in [0.05, 0.1) is 11.6 Å². The molecular weight excluding hydrogens is 430 g/mol. The number of sulfonamides is 1. The Morgan fingerprint density at radius 2 is 1.67 bits per heavy atom. The van der Waals surface area contributed by atoms with Crippen LogP contribution in [0.3, 0.4) is 0 Å². The van der Waals surface area contributed by atoms with Gasteiger partial charge in [-0.2, -0.15) is 4.31 Å². The van der Waals surface area contributed by atoms with E-state index >= 15 is 0 Å². The highest BCUT2D eigenvalue weighted by Gasteiger charge is 2.31. The van der Waals surface area contributed by atoms with E-state index < -0.39 is 16.1 Å². The van der Waals surface area contributed by atoms with Crippen LogP contribution in [0, 0.1) is 0 Å². The fourth-order valence-electron chi connectivity index (χ4n) is 3.09. The van der Waals surface area contributed by atoms with Crippen LogP contribution in [0.25, 0.3) is 0 Å². The van der Waals surface area contributed by atoms with E-state index in [4.69, 9.17) is 16.3 Å². The Morgan fingerprint density at radius 3 is 2.27 bits per heavy atom. The minimum absolute atomic E-state index is 0.0659. The predicted molar refractivity (Wildman–Crippen MR) is 113 cm³/mol. The van der Waals surface area contributed by atoms with Crippen LogP contribution in [0.4, 0.5) is 10.5 Å². The van der Waals surface area contributed by atoms with Gasteiger partial charge >= 0.3 is 6.09 Å². The number of anilines is 1. The summed E-state index contributed by atoms with van der Waals surface area (Å²) in [5.74, 6) is -0.201. The molecule has 0 aromatic heterocycles. The Labute approximate surface area is 180 Å². The minimum atomic E-state index is -3.72. The summed E-state index contributed by atoms with van der Waals surface area (Å²) in [6.07, 6.45) is -0.563. The molecule has 0 saturated carbocycles. The van der Waals surface area contributed by atoms with Crippen LogP contribution in [-0.2, 0) is 14.8 Å². The SMILES string of the molecule is CCOC(=O)Nc1ccc(C(=O)N2CCN(S(=O)(=O)c3ccccc3Cl)CC2)cc1. The van der Waals surface area contributed by atoms with E-state index in [-0.39, 0.29) is 48.6 Å². The van der Waals surface area contributed by atoms with E-state index in [1.165, 1.54) is 16.4 Å². The maximum Gasteiger partial charge on any atom is 0.411 e. The molecule has 30 heavy (non-hydrogen) atoms. The van der Waals surface area contributed by atoms with E-state index in [9.17, 15) is 18.0 Å². The van der Waals surface area contributed by atoms with Crippen molar-refractivity contribution in [3.05, 3.63) is 59.1 Å². The van der Waals surface area contributed by atoms with Crippen LogP contribution in [0.15, 0.2) is 53.4 Å². The number of nitrogens with zero attached hydrogens (tertiary/aromatic N) is 2. The summed E-state index contributed by atoms with van der Waals surface area (Å²) >= 11 is 6.04. The van der Waals surface area contributed by atoms with Crippen molar-refractivity contribution >= 4 is 39.3 Å². The van der Waals surface area contributed by atoms with Crippen LogP contribution in [0.5, 0.6) is 0 Å². The van der Waals surface area contributed by atoms with Crippen LogP contribution >= 0.6 is 11.6 Å². The first-order valence-electron chi connectivity index (χ1n) is 9.40. The zero-order valence-corrected chi connectivity index (χ0v) is 17.9. The van der Waals surface area contributed by atoms with Crippen molar-refractivity contribution < 1.29 is 22.7 Å². The van der Waals surface area contributed by atoms with E-state index in [2.05, 4.69) is 5.32 Å². The standard InChI is InChI=1S/C20H22ClN3O5S/c1-2-29-20(26)22-16-9-7-15(8-10-16)19(25)23-11-13-24(14-12-23)30(27,28)18-6-4-3-5-17(18)21/h3-10H,2,11-14H2,1H3,(H,22,26). The van der Waals surface area contributed by atoms with Gasteiger partial charge in [-0.3, -0.25) is 10.1 Å². The summed E-state index contributed by atoms with van der Waals surface area (Å²) in [7, 11) is -3.72. The molecule has 1 saturated heterocycles. The highest BCUT2D eigenvalue weighted by Crippen LogP contribution is 2.25. The summed E-state index contributed by atoms with van der Waals surface area (Å²) in [5.41, 5.74) is 0.965. The Kier molecular flexibility index (Phi) is 6.96. The molecular formula is C20H22ClN3O5S. The summed E-state index contributed by atoms with van der Waals surface area (Å²) in [4.78, 5) is 25.9. The Hall–Kier alpha value is -2.62. The van der Waals surface area contributed by atoms with Crippen molar-refractivity contribution in [3.8, 4) is 0 Å². The highest BCUT2D eigenvalue weighted by atomic mass is 35.5. The number of amides is 2.